The van der Waals surface area contributed by atoms with Crippen LogP contribution in [-0.4, -0.2) is 46.6 Å². The van der Waals surface area contributed by atoms with Crippen LogP contribution in [0.3, 0.4) is 0 Å². The number of benzene rings is 2. The lowest BCUT2D eigenvalue weighted by Gasteiger charge is -2.40. The van der Waals surface area contributed by atoms with Crippen molar-refractivity contribution < 1.29 is 19.0 Å². The SMILES string of the molecule is COc1cccc(NC(=O)Nc2ccc(N3CC(OC)C3)cc2)c1OC. The van der Waals surface area contributed by atoms with Gasteiger partial charge in [-0.05, 0) is 36.4 Å². The first kappa shape index (κ1) is 17.9. The molecule has 3 rings (SSSR count). The maximum Gasteiger partial charge on any atom is 0.323 e. The van der Waals surface area contributed by atoms with Crippen molar-refractivity contribution in [1.82, 2.24) is 0 Å². The smallest absolute Gasteiger partial charge is 0.323 e. The number of ether oxygens (including phenoxy) is 3. The number of nitrogens with zero attached hydrogens (tertiary/aromatic N) is 1. The van der Waals surface area contributed by atoms with Crippen molar-refractivity contribution in [3.8, 4) is 11.5 Å². The highest BCUT2D eigenvalue weighted by Gasteiger charge is 2.26. The first-order chi connectivity index (χ1) is 12.6. The molecule has 2 aromatic carbocycles. The zero-order valence-corrected chi connectivity index (χ0v) is 15.1. The van der Waals surface area contributed by atoms with E-state index in [4.69, 9.17) is 14.2 Å². The lowest BCUT2D eigenvalue weighted by Crippen LogP contribution is -2.51. The van der Waals surface area contributed by atoms with Gasteiger partial charge in [0.05, 0.1) is 26.0 Å². The van der Waals surface area contributed by atoms with Crippen molar-refractivity contribution in [3.63, 3.8) is 0 Å². The van der Waals surface area contributed by atoms with E-state index in [0.717, 1.165) is 18.8 Å². The molecule has 1 saturated heterocycles. The molecule has 0 aromatic heterocycles. The van der Waals surface area contributed by atoms with E-state index in [1.54, 1.807) is 32.4 Å². The second kappa shape index (κ2) is 7.97. The zero-order valence-electron chi connectivity index (χ0n) is 15.1. The number of carbonyl (C=O) groups excluding carboxylic acids is 1. The molecule has 1 aliphatic heterocycles. The van der Waals surface area contributed by atoms with Crippen molar-refractivity contribution >= 4 is 23.1 Å². The van der Waals surface area contributed by atoms with Crippen LogP contribution in [0.15, 0.2) is 42.5 Å². The lowest BCUT2D eigenvalue weighted by atomic mass is 10.1. The number of anilines is 3. The van der Waals surface area contributed by atoms with E-state index >= 15 is 0 Å². The van der Waals surface area contributed by atoms with Crippen molar-refractivity contribution in [3.05, 3.63) is 42.5 Å². The van der Waals surface area contributed by atoms with Gasteiger partial charge in [0.15, 0.2) is 11.5 Å². The Bertz CT molecular complexity index is 758. The molecule has 138 valence electrons. The third kappa shape index (κ3) is 3.83. The molecule has 1 fully saturated rings. The number of hydrogen-bond acceptors (Lipinski definition) is 5. The highest BCUT2D eigenvalue weighted by atomic mass is 16.5. The molecule has 0 aliphatic carbocycles. The van der Waals surface area contributed by atoms with Crippen molar-refractivity contribution in [1.29, 1.82) is 0 Å². The summed E-state index contributed by atoms with van der Waals surface area (Å²) in [6, 6.07) is 12.7. The average molecular weight is 357 g/mol. The molecule has 1 heterocycles. The van der Waals surface area contributed by atoms with Crippen LogP contribution in [0.4, 0.5) is 21.9 Å². The van der Waals surface area contributed by atoms with Gasteiger partial charge in [0.2, 0.25) is 0 Å². The quantitative estimate of drug-likeness (QED) is 0.831. The molecule has 0 radical (unpaired) electrons. The van der Waals surface area contributed by atoms with E-state index in [0.29, 0.717) is 29.0 Å². The Morgan fingerprint density at radius 1 is 1.00 bits per heavy atom. The molecule has 0 saturated carbocycles. The van der Waals surface area contributed by atoms with E-state index in [1.807, 2.05) is 24.3 Å². The van der Waals surface area contributed by atoms with Crippen LogP contribution < -0.4 is 25.0 Å². The Balaban J connectivity index is 1.60. The minimum Gasteiger partial charge on any atom is -0.493 e. The molecular weight excluding hydrogens is 334 g/mol. The molecule has 1 aliphatic rings. The van der Waals surface area contributed by atoms with Crippen molar-refractivity contribution in [2.45, 2.75) is 6.10 Å². The molecule has 7 nitrogen and oxygen atoms in total. The van der Waals surface area contributed by atoms with E-state index in [1.165, 1.54) is 7.11 Å². The highest BCUT2D eigenvalue weighted by molar-refractivity contribution is 6.01. The minimum absolute atomic E-state index is 0.302. The van der Waals surface area contributed by atoms with Gasteiger partial charge in [0.1, 0.15) is 0 Å². The standard InChI is InChI=1S/C19H23N3O4/c1-24-15-11-22(12-15)14-9-7-13(8-10-14)20-19(23)21-16-5-4-6-17(25-2)18(16)26-3/h4-10,15H,11-12H2,1-3H3,(H2,20,21,23). The fourth-order valence-corrected chi connectivity index (χ4v) is 2.82. The number of para-hydroxylation sites is 1. The van der Waals surface area contributed by atoms with Gasteiger partial charge in [-0.15, -0.1) is 0 Å². The van der Waals surface area contributed by atoms with Gasteiger partial charge in [-0.25, -0.2) is 4.79 Å². The zero-order chi connectivity index (χ0) is 18.5. The Morgan fingerprint density at radius 3 is 2.35 bits per heavy atom. The van der Waals surface area contributed by atoms with E-state index in [-0.39, 0.29) is 6.03 Å². The molecule has 0 atom stereocenters. The van der Waals surface area contributed by atoms with Gasteiger partial charge < -0.3 is 29.7 Å². The Labute approximate surface area is 152 Å². The minimum atomic E-state index is -0.354. The van der Waals surface area contributed by atoms with Crippen LogP contribution in [0, 0.1) is 0 Å². The van der Waals surface area contributed by atoms with E-state index in [9.17, 15) is 4.79 Å². The first-order valence-corrected chi connectivity index (χ1v) is 8.31. The van der Waals surface area contributed by atoms with E-state index < -0.39 is 0 Å². The number of hydrogen-bond donors (Lipinski definition) is 2. The number of methoxy groups -OCH3 is 3. The monoisotopic (exact) mass is 357 g/mol. The lowest BCUT2D eigenvalue weighted by molar-refractivity contribution is 0.0788. The first-order valence-electron chi connectivity index (χ1n) is 8.31. The topological polar surface area (TPSA) is 72.1 Å². The summed E-state index contributed by atoms with van der Waals surface area (Å²) in [5.74, 6) is 1.03. The summed E-state index contributed by atoms with van der Waals surface area (Å²) < 4.78 is 15.8. The maximum absolute atomic E-state index is 12.3. The fourth-order valence-electron chi connectivity index (χ4n) is 2.82. The number of urea groups is 1. The Hall–Kier alpha value is -2.93. The number of amides is 2. The number of carbonyl (C=O) groups is 1. The van der Waals surface area contributed by atoms with Crippen LogP contribution >= 0.6 is 0 Å². The number of rotatable bonds is 6. The largest absolute Gasteiger partial charge is 0.493 e. The van der Waals surface area contributed by atoms with Crippen LogP contribution in [0.25, 0.3) is 0 Å². The van der Waals surface area contributed by atoms with Crippen LogP contribution in [0.2, 0.25) is 0 Å². The van der Waals surface area contributed by atoms with Gasteiger partial charge in [0, 0.05) is 31.6 Å². The molecule has 0 unspecified atom stereocenters. The fraction of sp³-hybridized carbons (Fsp3) is 0.316. The molecular formula is C19H23N3O4. The second-order valence-corrected chi connectivity index (χ2v) is 5.93. The third-order valence-electron chi connectivity index (χ3n) is 4.32. The van der Waals surface area contributed by atoms with Crippen molar-refractivity contribution in [2.75, 3.05) is 50.0 Å². The summed E-state index contributed by atoms with van der Waals surface area (Å²) in [6.07, 6.45) is 0.302. The van der Waals surface area contributed by atoms with Crippen molar-refractivity contribution in [2.24, 2.45) is 0 Å². The normalized spacial score (nSPS) is 13.7. The van der Waals surface area contributed by atoms with E-state index in [2.05, 4.69) is 15.5 Å². The van der Waals surface area contributed by atoms with Gasteiger partial charge in [-0.1, -0.05) is 6.07 Å². The molecule has 0 spiro atoms. The summed E-state index contributed by atoms with van der Waals surface area (Å²) in [4.78, 5) is 14.5. The summed E-state index contributed by atoms with van der Waals surface area (Å²) >= 11 is 0. The predicted octanol–water partition coefficient (Wildman–Crippen LogP) is 3.18. The molecule has 0 bridgehead atoms. The molecule has 2 N–H and O–H groups in total. The van der Waals surface area contributed by atoms with Gasteiger partial charge in [-0.2, -0.15) is 0 Å². The molecule has 26 heavy (non-hydrogen) atoms. The third-order valence-corrected chi connectivity index (χ3v) is 4.32. The summed E-state index contributed by atoms with van der Waals surface area (Å²) in [5, 5.41) is 5.59. The maximum atomic E-state index is 12.3. The van der Waals surface area contributed by atoms with Gasteiger partial charge >= 0.3 is 6.03 Å². The molecule has 2 aromatic rings. The molecule has 7 heteroatoms. The van der Waals surface area contributed by atoms with Gasteiger partial charge in [-0.3, -0.25) is 0 Å². The van der Waals surface area contributed by atoms with Crippen LogP contribution in [0.1, 0.15) is 0 Å². The Kier molecular flexibility index (Phi) is 5.48. The van der Waals surface area contributed by atoms with Gasteiger partial charge in [0.25, 0.3) is 0 Å². The van der Waals surface area contributed by atoms with Crippen LogP contribution in [-0.2, 0) is 4.74 Å². The Morgan fingerprint density at radius 2 is 1.73 bits per heavy atom. The molecule has 2 amide bonds. The number of nitrogens with one attached hydrogen (secondary N) is 2. The summed E-state index contributed by atoms with van der Waals surface area (Å²) in [5.41, 5.74) is 2.35. The second-order valence-electron chi connectivity index (χ2n) is 5.93. The summed E-state index contributed by atoms with van der Waals surface area (Å²) in [6.45, 7) is 1.78. The highest BCUT2D eigenvalue weighted by Crippen LogP contribution is 2.34. The van der Waals surface area contributed by atoms with Crippen LogP contribution in [0.5, 0.6) is 11.5 Å². The predicted molar refractivity (Wildman–Crippen MR) is 102 cm³/mol. The summed E-state index contributed by atoms with van der Waals surface area (Å²) in [7, 11) is 4.81. The average Bonchev–Trinajstić information content (AvgIpc) is 2.62.